The number of ether oxygens (including phenoxy) is 1. The zero-order valence-electron chi connectivity index (χ0n) is 14.3. The van der Waals surface area contributed by atoms with Gasteiger partial charge in [0.25, 0.3) is 5.91 Å². The Bertz CT molecular complexity index is 742. The van der Waals surface area contributed by atoms with E-state index >= 15 is 0 Å². The van der Waals surface area contributed by atoms with Crippen LogP contribution in [0.2, 0.25) is 0 Å². The molecule has 4 amide bonds. The zero-order valence-corrected chi connectivity index (χ0v) is 14.3. The summed E-state index contributed by atoms with van der Waals surface area (Å²) in [5.41, 5.74) is -0.451. The van der Waals surface area contributed by atoms with Gasteiger partial charge in [-0.2, -0.15) is 5.26 Å². The molecular weight excluding hydrogens is 324 g/mol. The summed E-state index contributed by atoms with van der Waals surface area (Å²) in [6.07, 6.45) is 0. The monoisotopic (exact) mass is 344 g/mol. The summed E-state index contributed by atoms with van der Waals surface area (Å²) in [6.45, 7) is 3.25. The molecule has 1 heterocycles. The number of urea groups is 1. The molecule has 0 saturated carbocycles. The molecule has 1 saturated heterocycles. The molecule has 8 heteroatoms. The van der Waals surface area contributed by atoms with Crippen LogP contribution in [0.3, 0.4) is 0 Å². The summed E-state index contributed by atoms with van der Waals surface area (Å²) >= 11 is 0. The van der Waals surface area contributed by atoms with E-state index in [4.69, 9.17) is 10.00 Å². The van der Waals surface area contributed by atoms with Crippen LogP contribution in [0.25, 0.3) is 0 Å². The molecule has 0 spiro atoms. The highest BCUT2D eigenvalue weighted by Gasteiger charge is 2.49. The van der Waals surface area contributed by atoms with Gasteiger partial charge in [-0.3, -0.25) is 14.5 Å². The molecule has 8 nitrogen and oxygen atoms in total. The average molecular weight is 344 g/mol. The maximum Gasteiger partial charge on any atom is 0.325 e. The van der Waals surface area contributed by atoms with Gasteiger partial charge in [-0.05, 0) is 31.5 Å². The molecule has 1 fully saturated rings. The first kappa shape index (κ1) is 18.4. The third-order valence-corrected chi connectivity index (χ3v) is 3.97. The van der Waals surface area contributed by atoms with Crippen LogP contribution in [0.4, 0.5) is 4.79 Å². The Balaban J connectivity index is 2.16. The fourth-order valence-electron chi connectivity index (χ4n) is 2.69. The van der Waals surface area contributed by atoms with Gasteiger partial charge in [-0.25, -0.2) is 4.79 Å². The smallest absolute Gasteiger partial charge is 0.325 e. The fraction of sp³-hybridized carbons (Fsp3) is 0.412. The quantitative estimate of drug-likeness (QED) is 0.729. The number of carbonyl (C=O) groups excluding carboxylic acids is 3. The Morgan fingerprint density at radius 2 is 2.20 bits per heavy atom. The number of imide groups is 1. The van der Waals surface area contributed by atoms with Crippen LogP contribution in [-0.4, -0.2) is 49.0 Å². The molecule has 132 valence electrons. The SMILES string of the molecule is COC[C@@H](C)NC(=O)CN1C(=O)N[C@@](C)(c2cccc(C#N)c2)C1=O. The second-order valence-electron chi connectivity index (χ2n) is 6.06. The topological polar surface area (TPSA) is 112 Å². The van der Waals surface area contributed by atoms with Crippen molar-refractivity contribution < 1.29 is 19.1 Å². The van der Waals surface area contributed by atoms with E-state index in [1.807, 2.05) is 6.07 Å². The summed E-state index contributed by atoms with van der Waals surface area (Å²) in [5.74, 6) is -0.995. The minimum atomic E-state index is -1.32. The van der Waals surface area contributed by atoms with Crippen LogP contribution < -0.4 is 10.6 Å². The van der Waals surface area contributed by atoms with Crippen LogP contribution in [0.5, 0.6) is 0 Å². The minimum Gasteiger partial charge on any atom is -0.383 e. The van der Waals surface area contributed by atoms with Crippen molar-refractivity contribution in [1.29, 1.82) is 5.26 Å². The van der Waals surface area contributed by atoms with Gasteiger partial charge in [0.2, 0.25) is 5.91 Å². The van der Waals surface area contributed by atoms with Crippen molar-refractivity contribution in [2.75, 3.05) is 20.3 Å². The maximum atomic E-state index is 12.7. The lowest BCUT2D eigenvalue weighted by atomic mass is 9.91. The van der Waals surface area contributed by atoms with Crippen LogP contribution in [-0.2, 0) is 19.9 Å². The fourth-order valence-corrected chi connectivity index (χ4v) is 2.69. The molecular formula is C17H20N4O4. The normalized spacial score (nSPS) is 20.8. The number of nitriles is 1. The van der Waals surface area contributed by atoms with Gasteiger partial charge in [-0.15, -0.1) is 0 Å². The minimum absolute atomic E-state index is 0.239. The maximum absolute atomic E-state index is 12.7. The molecule has 2 N–H and O–H groups in total. The number of hydrogen-bond donors (Lipinski definition) is 2. The number of nitrogens with zero attached hydrogens (tertiary/aromatic N) is 2. The third-order valence-electron chi connectivity index (χ3n) is 3.97. The summed E-state index contributed by atoms with van der Waals surface area (Å²) in [7, 11) is 1.51. The molecule has 0 radical (unpaired) electrons. The molecule has 0 aromatic heterocycles. The Morgan fingerprint density at radius 1 is 1.48 bits per heavy atom. The number of rotatable bonds is 6. The second-order valence-corrected chi connectivity index (χ2v) is 6.06. The van der Waals surface area contributed by atoms with Crippen molar-refractivity contribution in [3.05, 3.63) is 35.4 Å². The summed E-state index contributed by atoms with van der Waals surface area (Å²) in [5, 5.41) is 14.3. The molecule has 1 aromatic carbocycles. The second kappa shape index (κ2) is 7.32. The highest BCUT2D eigenvalue weighted by Crippen LogP contribution is 2.29. The van der Waals surface area contributed by atoms with Crippen molar-refractivity contribution in [3.63, 3.8) is 0 Å². The summed E-state index contributed by atoms with van der Waals surface area (Å²) in [4.78, 5) is 37.8. The van der Waals surface area contributed by atoms with Gasteiger partial charge in [0, 0.05) is 13.2 Å². The average Bonchev–Trinajstić information content (AvgIpc) is 2.79. The lowest BCUT2D eigenvalue weighted by Crippen LogP contribution is -2.45. The van der Waals surface area contributed by atoms with Gasteiger partial charge < -0.3 is 15.4 Å². The molecule has 1 aliphatic rings. The third kappa shape index (κ3) is 3.78. The van der Waals surface area contributed by atoms with Crippen LogP contribution in [0.1, 0.15) is 25.0 Å². The highest BCUT2D eigenvalue weighted by atomic mass is 16.5. The van der Waals surface area contributed by atoms with Crippen LogP contribution in [0.15, 0.2) is 24.3 Å². The van der Waals surface area contributed by atoms with E-state index in [1.54, 1.807) is 38.1 Å². The van der Waals surface area contributed by atoms with Crippen molar-refractivity contribution >= 4 is 17.8 Å². The van der Waals surface area contributed by atoms with Gasteiger partial charge >= 0.3 is 6.03 Å². The van der Waals surface area contributed by atoms with Crippen molar-refractivity contribution in [1.82, 2.24) is 15.5 Å². The molecule has 1 aromatic rings. The van der Waals surface area contributed by atoms with E-state index in [2.05, 4.69) is 10.6 Å². The standard InChI is InChI=1S/C17H20N4O4/c1-11(10-25-3)19-14(22)9-21-15(23)17(2,20-16(21)24)13-6-4-5-12(7-13)8-18/h4-7,11H,9-10H2,1-3H3,(H,19,22)(H,20,24)/t11-,17+/m1/s1. The molecule has 1 aliphatic heterocycles. The Kier molecular flexibility index (Phi) is 5.39. The number of benzene rings is 1. The number of hydrogen-bond acceptors (Lipinski definition) is 5. The van der Waals surface area contributed by atoms with Gasteiger partial charge in [0.15, 0.2) is 0 Å². The van der Waals surface area contributed by atoms with Gasteiger partial charge in [0.1, 0.15) is 12.1 Å². The molecule has 0 bridgehead atoms. The lowest BCUT2D eigenvalue weighted by Gasteiger charge is -2.22. The predicted octanol–water partition coefficient (Wildman–Crippen LogP) is 0.476. The van der Waals surface area contributed by atoms with Crippen molar-refractivity contribution in [2.45, 2.75) is 25.4 Å². The molecule has 0 unspecified atom stereocenters. The van der Waals surface area contributed by atoms with Crippen molar-refractivity contribution in [3.8, 4) is 6.07 Å². The van der Waals surface area contributed by atoms with E-state index in [-0.39, 0.29) is 12.6 Å². The molecule has 25 heavy (non-hydrogen) atoms. The molecule has 2 atom stereocenters. The number of nitrogens with one attached hydrogen (secondary N) is 2. The van der Waals surface area contributed by atoms with E-state index < -0.39 is 23.4 Å². The van der Waals surface area contributed by atoms with E-state index in [1.165, 1.54) is 7.11 Å². The van der Waals surface area contributed by atoms with Crippen LogP contribution in [0, 0.1) is 11.3 Å². The van der Waals surface area contributed by atoms with E-state index in [9.17, 15) is 14.4 Å². The number of amides is 4. The Morgan fingerprint density at radius 3 is 2.84 bits per heavy atom. The van der Waals surface area contributed by atoms with Crippen LogP contribution >= 0.6 is 0 Å². The first-order valence-electron chi connectivity index (χ1n) is 7.75. The lowest BCUT2D eigenvalue weighted by molar-refractivity contribution is -0.135. The van der Waals surface area contributed by atoms with E-state index in [0.717, 1.165) is 4.90 Å². The first-order valence-corrected chi connectivity index (χ1v) is 7.75. The van der Waals surface area contributed by atoms with E-state index in [0.29, 0.717) is 17.7 Å². The summed E-state index contributed by atoms with van der Waals surface area (Å²) < 4.78 is 4.93. The van der Waals surface area contributed by atoms with Gasteiger partial charge in [-0.1, -0.05) is 12.1 Å². The predicted molar refractivity (Wildman–Crippen MR) is 88.2 cm³/mol. The number of carbonyl (C=O) groups is 3. The Labute approximate surface area is 145 Å². The summed E-state index contributed by atoms with van der Waals surface area (Å²) in [6, 6.07) is 7.56. The molecule has 0 aliphatic carbocycles. The first-order chi connectivity index (χ1) is 11.8. The zero-order chi connectivity index (χ0) is 18.6. The number of methoxy groups -OCH3 is 1. The van der Waals surface area contributed by atoms with Gasteiger partial charge in [0.05, 0.1) is 18.2 Å². The highest BCUT2D eigenvalue weighted by molar-refractivity contribution is 6.09. The molecule has 2 rings (SSSR count). The Hall–Kier alpha value is -2.92. The largest absolute Gasteiger partial charge is 0.383 e. The van der Waals surface area contributed by atoms with Crippen molar-refractivity contribution in [2.24, 2.45) is 0 Å².